The van der Waals surface area contributed by atoms with E-state index >= 15 is 0 Å². The van der Waals surface area contributed by atoms with Crippen LogP contribution in [0.15, 0.2) is 48.5 Å². The SMILES string of the molecule is CC(Oc1ccc(C#N)cc1C(F)(F)F)c1ccccc1. The minimum absolute atomic E-state index is 0.0537. The molecule has 0 amide bonds. The zero-order valence-electron chi connectivity index (χ0n) is 11.2. The third-order valence-corrected chi connectivity index (χ3v) is 2.99. The van der Waals surface area contributed by atoms with Crippen LogP contribution in [0.25, 0.3) is 0 Å². The zero-order chi connectivity index (χ0) is 15.5. The maximum atomic E-state index is 13.0. The molecule has 2 aromatic carbocycles. The summed E-state index contributed by atoms with van der Waals surface area (Å²) in [4.78, 5) is 0. The Labute approximate surface area is 120 Å². The van der Waals surface area contributed by atoms with Gasteiger partial charge in [-0.1, -0.05) is 30.3 Å². The van der Waals surface area contributed by atoms with E-state index in [1.54, 1.807) is 37.3 Å². The van der Waals surface area contributed by atoms with Crippen LogP contribution in [0.3, 0.4) is 0 Å². The van der Waals surface area contributed by atoms with Crippen LogP contribution >= 0.6 is 0 Å². The predicted octanol–water partition coefficient (Wildman–Crippen LogP) is 4.72. The first kappa shape index (κ1) is 14.9. The molecule has 5 heteroatoms. The van der Waals surface area contributed by atoms with E-state index in [9.17, 15) is 13.2 Å². The van der Waals surface area contributed by atoms with Crippen molar-refractivity contribution >= 4 is 0 Å². The number of rotatable bonds is 3. The minimum atomic E-state index is -4.57. The molecule has 1 unspecified atom stereocenters. The largest absolute Gasteiger partial charge is 0.485 e. The molecule has 0 spiro atoms. The summed E-state index contributed by atoms with van der Waals surface area (Å²) in [5.41, 5.74) is -0.221. The van der Waals surface area contributed by atoms with Gasteiger partial charge in [-0.2, -0.15) is 18.4 Å². The average molecular weight is 291 g/mol. The van der Waals surface area contributed by atoms with Gasteiger partial charge < -0.3 is 4.74 Å². The molecule has 0 saturated carbocycles. The number of ether oxygens (including phenoxy) is 1. The molecule has 0 heterocycles. The maximum Gasteiger partial charge on any atom is 0.420 e. The number of hydrogen-bond donors (Lipinski definition) is 0. The summed E-state index contributed by atoms with van der Waals surface area (Å²) in [6.45, 7) is 1.67. The van der Waals surface area contributed by atoms with Gasteiger partial charge in [-0.3, -0.25) is 0 Å². The van der Waals surface area contributed by atoms with Crippen molar-refractivity contribution in [2.75, 3.05) is 0 Å². The molecule has 2 nitrogen and oxygen atoms in total. The molecular weight excluding hydrogens is 279 g/mol. The van der Waals surface area contributed by atoms with Gasteiger partial charge in [0.2, 0.25) is 0 Å². The molecule has 2 aromatic rings. The summed E-state index contributed by atoms with van der Waals surface area (Å²) >= 11 is 0. The summed E-state index contributed by atoms with van der Waals surface area (Å²) in [6.07, 6.45) is -5.10. The predicted molar refractivity (Wildman–Crippen MR) is 71.6 cm³/mol. The third kappa shape index (κ3) is 3.54. The van der Waals surface area contributed by atoms with Crippen LogP contribution in [0.2, 0.25) is 0 Å². The molecule has 0 aliphatic carbocycles. The molecule has 21 heavy (non-hydrogen) atoms. The zero-order valence-corrected chi connectivity index (χ0v) is 11.2. The first-order valence-corrected chi connectivity index (χ1v) is 6.25. The fraction of sp³-hybridized carbons (Fsp3) is 0.188. The van der Waals surface area contributed by atoms with Crippen LogP contribution in [0, 0.1) is 11.3 Å². The third-order valence-electron chi connectivity index (χ3n) is 2.99. The van der Waals surface area contributed by atoms with E-state index in [4.69, 9.17) is 10.00 Å². The maximum absolute atomic E-state index is 13.0. The highest BCUT2D eigenvalue weighted by Crippen LogP contribution is 2.38. The van der Waals surface area contributed by atoms with E-state index in [0.717, 1.165) is 11.6 Å². The molecule has 0 aliphatic heterocycles. The summed E-state index contributed by atoms with van der Waals surface area (Å²) in [7, 11) is 0. The van der Waals surface area contributed by atoms with Crippen molar-refractivity contribution in [3.63, 3.8) is 0 Å². The van der Waals surface area contributed by atoms with Crippen LogP contribution in [-0.4, -0.2) is 0 Å². The Kier molecular flexibility index (Phi) is 4.18. The molecule has 0 bridgehead atoms. The Balaban J connectivity index is 2.34. The van der Waals surface area contributed by atoms with Crippen molar-refractivity contribution in [3.8, 4) is 11.8 Å². The molecule has 0 radical (unpaired) electrons. The smallest absolute Gasteiger partial charge is 0.420 e. The van der Waals surface area contributed by atoms with E-state index in [1.165, 1.54) is 12.1 Å². The van der Waals surface area contributed by atoms with Gasteiger partial charge in [0.05, 0.1) is 17.2 Å². The molecule has 0 fully saturated rings. The number of nitriles is 1. The Hall–Kier alpha value is -2.48. The Morgan fingerprint density at radius 2 is 1.76 bits per heavy atom. The van der Waals surface area contributed by atoms with Gasteiger partial charge in [-0.15, -0.1) is 0 Å². The Morgan fingerprint density at radius 3 is 2.33 bits per heavy atom. The van der Waals surface area contributed by atoms with Crippen molar-refractivity contribution in [1.82, 2.24) is 0 Å². The summed E-state index contributed by atoms with van der Waals surface area (Å²) in [5, 5.41) is 8.72. The number of nitrogens with zero attached hydrogens (tertiary/aromatic N) is 1. The molecule has 0 N–H and O–H groups in total. The van der Waals surface area contributed by atoms with E-state index < -0.39 is 17.8 Å². The van der Waals surface area contributed by atoms with Crippen molar-refractivity contribution in [2.45, 2.75) is 19.2 Å². The number of halogens is 3. The summed E-state index contributed by atoms with van der Waals surface area (Å²) in [6, 6.07) is 13.9. The van der Waals surface area contributed by atoms with E-state index in [0.29, 0.717) is 0 Å². The second-order valence-electron chi connectivity index (χ2n) is 4.49. The lowest BCUT2D eigenvalue weighted by atomic mass is 10.1. The second-order valence-corrected chi connectivity index (χ2v) is 4.49. The molecule has 0 saturated heterocycles. The van der Waals surface area contributed by atoms with Gasteiger partial charge in [0.25, 0.3) is 0 Å². The lowest BCUT2D eigenvalue weighted by Gasteiger charge is -2.19. The van der Waals surface area contributed by atoms with E-state index in [2.05, 4.69) is 0 Å². The lowest BCUT2D eigenvalue weighted by molar-refractivity contribution is -0.139. The van der Waals surface area contributed by atoms with Crippen molar-refractivity contribution in [1.29, 1.82) is 5.26 Å². The minimum Gasteiger partial charge on any atom is -0.485 e. The first-order chi connectivity index (χ1) is 9.91. The number of alkyl halides is 3. The molecular formula is C16H12F3NO. The molecule has 0 aromatic heterocycles. The Bertz CT molecular complexity index is 659. The van der Waals surface area contributed by atoms with Gasteiger partial charge >= 0.3 is 6.18 Å². The highest BCUT2D eigenvalue weighted by molar-refractivity contribution is 5.44. The Morgan fingerprint density at radius 1 is 1.10 bits per heavy atom. The molecule has 2 rings (SSSR count). The summed E-state index contributed by atoms with van der Waals surface area (Å²) in [5.74, 6) is -0.280. The topological polar surface area (TPSA) is 33.0 Å². The highest BCUT2D eigenvalue weighted by atomic mass is 19.4. The van der Waals surface area contributed by atoms with Gasteiger partial charge in [-0.05, 0) is 30.7 Å². The van der Waals surface area contributed by atoms with Gasteiger partial charge in [0.1, 0.15) is 11.9 Å². The standard InChI is InChI=1S/C16H12F3NO/c1-11(13-5-3-2-4-6-13)21-15-8-7-12(10-20)9-14(15)16(17,18)19/h2-9,11H,1H3. The average Bonchev–Trinajstić information content (AvgIpc) is 2.47. The van der Waals surface area contributed by atoms with Crippen LogP contribution in [-0.2, 0) is 6.18 Å². The van der Waals surface area contributed by atoms with Crippen molar-refractivity contribution in [2.24, 2.45) is 0 Å². The van der Waals surface area contributed by atoms with Crippen LogP contribution in [0.1, 0.15) is 29.7 Å². The monoisotopic (exact) mass is 291 g/mol. The number of benzene rings is 2. The highest BCUT2D eigenvalue weighted by Gasteiger charge is 2.35. The summed E-state index contributed by atoms with van der Waals surface area (Å²) < 4.78 is 44.5. The van der Waals surface area contributed by atoms with E-state index in [-0.39, 0.29) is 11.3 Å². The first-order valence-electron chi connectivity index (χ1n) is 6.25. The number of hydrogen-bond acceptors (Lipinski definition) is 2. The molecule has 1 atom stereocenters. The van der Waals surface area contributed by atoms with Crippen molar-refractivity contribution in [3.05, 3.63) is 65.2 Å². The quantitative estimate of drug-likeness (QED) is 0.820. The lowest BCUT2D eigenvalue weighted by Crippen LogP contribution is -2.11. The van der Waals surface area contributed by atoms with Crippen LogP contribution in [0.5, 0.6) is 5.75 Å². The second kappa shape index (κ2) is 5.88. The van der Waals surface area contributed by atoms with E-state index in [1.807, 2.05) is 6.07 Å². The molecule has 108 valence electrons. The van der Waals surface area contributed by atoms with Crippen molar-refractivity contribution < 1.29 is 17.9 Å². The fourth-order valence-corrected chi connectivity index (χ4v) is 1.91. The van der Waals surface area contributed by atoms with Gasteiger partial charge in [0, 0.05) is 0 Å². The normalized spacial score (nSPS) is 12.5. The van der Waals surface area contributed by atoms with Gasteiger partial charge in [-0.25, -0.2) is 0 Å². The van der Waals surface area contributed by atoms with Crippen LogP contribution < -0.4 is 4.74 Å². The fourth-order valence-electron chi connectivity index (χ4n) is 1.91. The van der Waals surface area contributed by atoms with Gasteiger partial charge in [0.15, 0.2) is 0 Å². The van der Waals surface area contributed by atoms with Crippen LogP contribution in [0.4, 0.5) is 13.2 Å². The molecule has 0 aliphatic rings.